The van der Waals surface area contributed by atoms with E-state index < -0.39 is 0 Å². The Kier molecular flexibility index (Phi) is 6.73. The fraction of sp³-hybridized carbons (Fsp3) is 0.333. The van der Waals surface area contributed by atoms with Crippen molar-refractivity contribution < 1.29 is 4.92 Å². The van der Waals surface area contributed by atoms with Crippen molar-refractivity contribution in [1.29, 1.82) is 0 Å². The molecule has 0 saturated heterocycles. The molecule has 2 heterocycles. The molecule has 0 unspecified atom stereocenters. The van der Waals surface area contributed by atoms with Crippen LogP contribution in [0.15, 0.2) is 69.8 Å². The summed E-state index contributed by atoms with van der Waals surface area (Å²) in [6, 6.07) is 16.2. The molecule has 2 aromatic carbocycles. The summed E-state index contributed by atoms with van der Waals surface area (Å²) in [7, 11) is 1.87. The van der Waals surface area contributed by atoms with Gasteiger partial charge in [-0.2, -0.15) is 0 Å². The van der Waals surface area contributed by atoms with E-state index in [0.717, 1.165) is 34.0 Å². The van der Waals surface area contributed by atoms with Crippen molar-refractivity contribution in [2.24, 2.45) is 18.0 Å². The third kappa shape index (κ3) is 4.58. The van der Waals surface area contributed by atoms with Gasteiger partial charge in [-0.3, -0.25) is 19.6 Å². The molecule has 5 rings (SSSR count). The highest BCUT2D eigenvalue weighted by atomic mass is 32.1. The molecule has 1 aliphatic carbocycles. The van der Waals surface area contributed by atoms with Crippen LogP contribution < -0.4 is 10.4 Å². The molecule has 0 N–H and O–H groups in total. The van der Waals surface area contributed by atoms with Gasteiger partial charge in [0, 0.05) is 31.1 Å². The molecule has 1 fully saturated rings. The number of aromatic nitrogens is 3. The lowest BCUT2D eigenvalue weighted by atomic mass is 9.89. The zero-order valence-electron chi connectivity index (χ0n) is 20.5. The average molecular weight is 504 g/mol. The summed E-state index contributed by atoms with van der Waals surface area (Å²) in [6.45, 7) is 2.73. The van der Waals surface area contributed by atoms with E-state index in [1.807, 2.05) is 54.4 Å². The van der Waals surface area contributed by atoms with E-state index in [-0.39, 0.29) is 16.2 Å². The number of thiazole rings is 1. The molecule has 36 heavy (non-hydrogen) atoms. The molecule has 186 valence electrons. The smallest absolute Gasteiger partial charge is 0.297 e. The van der Waals surface area contributed by atoms with Crippen LogP contribution in [0.5, 0.6) is 0 Å². The van der Waals surface area contributed by atoms with E-state index in [1.54, 1.807) is 16.8 Å². The number of nitrogens with zero attached hydrogens (tertiary/aromatic N) is 5. The van der Waals surface area contributed by atoms with Gasteiger partial charge in [-0.15, -0.1) is 11.3 Å². The molecular formula is C27H29N5O3S. The number of hydrogen-bond donors (Lipinski definition) is 0. The second-order valence-corrected chi connectivity index (χ2v) is 10.2. The highest BCUT2D eigenvalue weighted by Crippen LogP contribution is 2.29. The van der Waals surface area contributed by atoms with Crippen molar-refractivity contribution >= 4 is 22.7 Å². The quantitative estimate of drug-likeness (QED) is 0.248. The molecular weight excluding hydrogens is 474 g/mol. The van der Waals surface area contributed by atoms with Crippen LogP contribution in [-0.4, -0.2) is 18.9 Å². The molecule has 0 bridgehead atoms. The number of rotatable bonds is 6. The number of para-hydroxylation sites is 1. The molecule has 0 aliphatic heterocycles. The monoisotopic (exact) mass is 503 g/mol. The summed E-state index contributed by atoms with van der Waals surface area (Å²) >= 11 is 1.50. The van der Waals surface area contributed by atoms with Crippen LogP contribution in [0, 0.1) is 23.0 Å². The topological polar surface area (TPSA) is 87.4 Å². The van der Waals surface area contributed by atoms with E-state index in [4.69, 9.17) is 4.99 Å². The third-order valence-corrected chi connectivity index (χ3v) is 7.93. The Morgan fingerprint density at radius 2 is 1.75 bits per heavy atom. The minimum atomic E-state index is -0.385. The van der Waals surface area contributed by atoms with Crippen molar-refractivity contribution in [2.45, 2.75) is 45.6 Å². The first-order valence-corrected chi connectivity index (χ1v) is 13.1. The normalized spacial score (nSPS) is 14.9. The van der Waals surface area contributed by atoms with Crippen molar-refractivity contribution in [1.82, 2.24) is 13.9 Å². The van der Waals surface area contributed by atoms with Gasteiger partial charge in [0.2, 0.25) is 0 Å². The van der Waals surface area contributed by atoms with Crippen LogP contribution in [0.3, 0.4) is 0 Å². The maximum atomic E-state index is 13.5. The Bertz CT molecular complexity index is 1500. The summed E-state index contributed by atoms with van der Waals surface area (Å²) < 4.78 is 5.68. The van der Waals surface area contributed by atoms with Crippen LogP contribution >= 0.6 is 11.3 Å². The minimum absolute atomic E-state index is 0.0686. The minimum Gasteiger partial charge on any atom is -0.316 e. The van der Waals surface area contributed by atoms with Crippen molar-refractivity contribution in [3.05, 3.63) is 90.9 Å². The summed E-state index contributed by atoms with van der Waals surface area (Å²) in [6.07, 6.45) is 6.09. The molecule has 0 spiro atoms. The van der Waals surface area contributed by atoms with E-state index in [1.165, 1.54) is 55.6 Å². The molecule has 1 saturated carbocycles. The lowest BCUT2D eigenvalue weighted by Crippen LogP contribution is -2.23. The Balaban J connectivity index is 1.63. The predicted molar refractivity (Wildman–Crippen MR) is 142 cm³/mol. The average Bonchev–Trinajstić information content (AvgIpc) is 3.38. The third-order valence-electron chi connectivity index (χ3n) is 7.07. The van der Waals surface area contributed by atoms with E-state index in [0.29, 0.717) is 11.6 Å². The summed E-state index contributed by atoms with van der Waals surface area (Å²) in [5.41, 5.74) is 3.79. The largest absolute Gasteiger partial charge is 0.316 e. The first-order valence-electron chi connectivity index (χ1n) is 12.3. The van der Waals surface area contributed by atoms with Crippen LogP contribution in [0.1, 0.15) is 37.8 Å². The first-order chi connectivity index (χ1) is 17.4. The fourth-order valence-electron chi connectivity index (χ4n) is 4.99. The second-order valence-electron chi connectivity index (χ2n) is 9.34. The van der Waals surface area contributed by atoms with Gasteiger partial charge in [0.05, 0.1) is 22.0 Å². The van der Waals surface area contributed by atoms with Crippen LogP contribution in [0.4, 0.5) is 11.4 Å². The highest BCUT2D eigenvalue weighted by Gasteiger charge is 2.20. The molecule has 4 aromatic rings. The summed E-state index contributed by atoms with van der Waals surface area (Å²) in [5, 5.41) is 13.2. The molecule has 1 aliphatic rings. The molecule has 0 atom stereocenters. The lowest BCUT2D eigenvalue weighted by Gasteiger charge is -2.23. The fourth-order valence-corrected chi connectivity index (χ4v) is 5.91. The first kappa shape index (κ1) is 24.0. The van der Waals surface area contributed by atoms with E-state index in [2.05, 4.69) is 4.57 Å². The molecule has 8 nitrogen and oxygen atoms in total. The SMILES string of the molecule is Cc1c(N=c2scc(-c3ccc([N+](=O)[O-])cc3)n2CC2CCCCC2)c(=O)n(-c2ccccc2)n1C. The van der Waals surface area contributed by atoms with Gasteiger partial charge in [0.1, 0.15) is 0 Å². The van der Waals surface area contributed by atoms with Crippen LogP contribution in [0.25, 0.3) is 16.9 Å². The Hall–Kier alpha value is -3.72. The van der Waals surface area contributed by atoms with Gasteiger partial charge < -0.3 is 4.57 Å². The van der Waals surface area contributed by atoms with Gasteiger partial charge in [-0.1, -0.05) is 37.5 Å². The van der Waals surface area contributed by atoms with Crippen LogP contribution in [-0.2, 0) is 13.6 Å². The summed E-state index contributed by atoms with van der Waals surface area (Å²) in [4.78, 5) is 29.9. The zero-order chi connectivity index (χ0) is 25.2. The number of hydrogen-bond acceptors (Lipinski definition) is 5. The lowest BCUT2D eigenvalue weighted by molar-refractivity contribution is -0.384. The van der Waals surface area contributed by atoms with Crippen molar-refractivity contribution in [3.8, 4) is 16.9 Å². The number of nitro benzene ring substituents is 1. The van der Waals surface area contributed by atoms with Gasteiger partial charge in [0.25, 0.3) is 11.2 Å². The Morgan fingerprint density at radius 3 is 2.42 bits per heavy atom. The maximum absolute atomic E-state index is 13.5. The van der Waals surface area contributed by atoms with E-state index >= 15 is 0 Å². The van der Waals surface area contributed by atoms with Crippen molar-refractivity contribution in [2.75, 3.05) is 0 Å². The highest BCUT2D eigenvalue weighted by molar-refractivity contribution is 7.07. The van der Waals surface area contributed by atoms with Gasteiger partial charge in [0.15, 0.2) is 10.5 Å². The standard InChI is InChI=1S/C27H29N5O3S/c1-19-25(26(33)31(29(19)2)22-11-7-4-8-12-22)28-27-30(17-20-9-5-3-6-10-20)24(18-36-27)21-13-15-23(16-14-21)32(34)35/h4,7-8,11-16,18,20H,3,5-6,9-10,17H2,1-2H3. The Morgan fingerprint density at radius 1 is 1.06 bits per heavy atom. The van der Waals surface area contributed by atoms with E-state index in [9.17, 15) is 14.9 Å². The second kappa shape index (κ2) is 10.1. The number of nitro groups is 1. The molecule has 2 aromatic heterocycles. The van der Waals surface area contributed by atoms with Crippen LogP contribution in [0.2, 0.25) is 0 Å². The summed E-state index contributed by atoms with van der Waals surface area (Å²) in [5.74, 6) is 0.543. The van der Waals surface area contributed by atoms with Crippen molar-refractivity contribution in [3.63, 3.8) is 0 Å². The molecule has 9 heteroatoms. The number of benzene rings is 2. The zero-order valence-corrected chi connectivity index (χ0v) is 21.3. The maximum Gasteiger partial charge on any atom is 0.297 e. The molecule has 0 radical (unpaired) electrons. The van der Waals surface area contributed by atoms with Gasteiger partial charge in [-0.25, -0.2) is 9.67 Å². The number of non-ortho nitro benzene ring substituents is 1. The predicted octanol–water partition coefficient (Wildman–Crippen LogP) is 5.74. The van der Waals surface area contributed by atoms with Gasteiger partial charge in [-0.05, 0) is 55.5 Å². The Labute approximate surface area is 212 Å². The van der Waals surface area contributed by atoms with Gasteiger partial charge >= 0.3 is 0 Å². The molecule has 0 amide bonds.